The van der Waals surface area contributed by atoms with Gasteiger partial charge >= 0.3 is 0 Å². The van der Waals surface area contributed by atoms with Crippen LogP contribution < -0.4 is 0 Å². The van der Waals surface area contributed by atoms with Crippen molar-refractivity contribution < 1.29 is 9.59 Å². The lowest BCUT2D eigenvalue weighted by Gasteiger charge is -2.44. The van der Waals surface area contributed by atoms with Crippen LogP contribution in [0.4, 0.5) is 0 Å². The molecule has 2 atom stereocenters. The highest BCUT2D eigenvalue weighted by Crippen LogP contribution is 2.59. The number of carbonyl (C=O) groups excluding carboxylic acids is 2. The third kappa shape index (κ3) is 1.96. The molecule has 0 saturated heterocycles. The molecule has 2 aromatic carbocycles. The number of fused-ring (bicyclic) bond motifs is 4. The zero-order valence-electron chi connectivity index (χ0n) is 18.0. The Hall–Kier alpha value is -4.04. The number of carbonyl (C=O) groups is 2. The van der Waals surface area contributed by atoms with Crippen LogP contribution in [-0.4, -0.2) is 11.6 Å². The summed E-state index contributed by atoms with van der Waals surface area (Å²) in [6, 6.07) is 14.1. The van der Waals surface area contributed by atoms with E-state index in [4.69, 9.17) is 0 Å². The Morgan fingerprint density at radius 1 is 0.727 bits per heavy atom. The molecular formula is C31H18O2. The molecule has 0 bridgehead atoms. The summed E-state index contributed by atoms with van der Waals surface area (Å²) in [7, 11) is 0. The van der Waals surface area contributed by atoms with Crippen molar-refractivity contribution in [3.8, 4) is 0 Å². The lowest BCUT2D eigenvalue weighted by molar-refractivity contribution is 0.0957. The minimum atomic E-state index is -0.261. The monoisotopic (exact) mass is 422 g/mol. The van der Waals surface area contributed by atoms with Gasteiger partial charge in [-0.1, -0.05) is 72.3 Å². The number of rotatable bonds is 0. The summed E-state index contributed by atoms with van der Waals surface area (Å²) in [5, 5.41) is 0. The van der Waals surface area contributed by atoms with E-state index in [1.807, 2.05) is 36.4 Å². The van der Waals surface area contributed by atoms with Crippen molar-refractivity contribution in [1.82, 2.24) is 0 Å². The quantitative estimate of drug-likeness (QED) is 0.511. The van der Waals surface area contributed by atoms with Crippen LogP contribution >= 0.6 is 0 Å². The summed E-state index contributed by atoms with van der Waals surface area (Å²) < 4.78 is 0. The van der Waals surface area contributed by atoms with Gasteiger partial charge in [-0.15, -0.1) is 0 Å². The molecule has 0 spiro atoms. The average molecular weight is 422 g/mol. The van der Waals surface area contributed by atoms with Gasteiger partial charge in [-0.25, -0.2) is 0 Å². The predicted octanol–water partition coefficient (Wildman–Crippen LogP) is 6.14. The minimum Gasteiger partial charge on any atom is -0.293 e. The highest BCUT2D eigenvalue weighted by molar-refractivity contribution is 6.21. The fraction of sp³-hybridized carbons (Fsp3) is 0.0968. The molecular weight excluding hydrogens is 404 g/mol. The largest absolute Gasteiger partial charge is 0.293 e. The van der Waals surface area contributed by atoms with Crippen molar-refractivity contribution in [2.24, 2.45) is 11.8 Å². The van der Waals surface area contributed by atoms with Crippen LogP contribution in [0.1, 0.15) is 37.4 Å². The Morgan fingerprint density at radius 2 is 1.58 bits per heavy atom. The second-order valence-electron chi connectivity index (χ2n) is 9.62. The van der Waals surface area contributed by atoms with Gasteiger partial charge in [0.05, 0.1) is 5.92 Å². The first kappa shape index (κ1) is 17.5. The van der Waals surface area contributed by atoms with Crippen LogP contribution in [0.15, 0.2) is 112 Å². The van der Waals surface area contributed by atoms with E-state index in [0.29, 0.717) is 0 Å². The number of aryl methyl sites for hydroxylation is 1. The number of ketones is 2. The highest BCUT2D eigenvalue weighted by Gasteiger charge is 2.47. The lowest BCUT2D eigenvalue weighted by atomic mass is 9.57. The summed E-state index contributed by atoms with van der Waals surface area (Å²) in [5.41, 5.74) is 13.7. The second-order valence-corrected chi connectivity index (χ2v) is 9.62. The van der Waals surface area contributed by atoms with Crippen LogP contribution in [0.3, 0.4) is 0 Å². The molecule has 0 radical (unpaired) electrons. The molecule has 0 fully saturated rings. The van der Waals surface area contributed by atoms with E-state index in [9.17, 15) is 9.59 Å². The molecule has 33 heavy (non-hydrogen) atoms. The van der Waals surface area contributed by atoms with Crippen LogP contribution in [0.25, 0.3) is 11.1 Å². The fourth-order valence-electron chi connectivity index (χ4n) is 6.56. The molecule has 0 amide bonds. The van der Waals surface area contributed by atoms with Gasteiger partial charge in [0, 0.05) is 22.6 Å². The molecule has 6 aliphatic rings. The molecule has 2 heteroatoms. The van der Waals surface area contributed by atoms with Gasteiger partial charge in [0.15, 0.2) is 11.6 Å². The summed E-state index contributed by atoms with van der Waals surface area (Å²) >= 11 is 0. The Morgan fingerprint density at radius 3 is 2.45 bits per heavy atom. The Balaban J connectivity index is 1.50. The zero-order valence-corrected chi connectivity index (χ0v) is 18.0. The minimum absolute atomic E-state index is 0.00247. The maximum absolute atomic E-state index is 13.5. The second kappa shape index (κ2) is 5.65. The van der Waals surface area contributed by atoms with Crippen LogP contribution in [0, 0.1) is 18.8 Å². The summed E-state index contributed by atoms with van der Waals surface area (Å²) in [5.74, 6) is 0.00942. The van der Waals surface area contributed by atoms with Gasteiger partial charge < -0.3 is 0 Å². The van der Waals surface area contributed by atoms with Crippen molar-refractivity contribution in [3.05, 3.63) is 140 Å². The van der Waals surface area contributed by atoms with Crippen molar-refractivity contribution >= 4 is 22.7 Å². The number of benzene rings is 2. The third-order valence-corrected chi connectivity index (χ3v) is 7.93. The first-order chi connectivity index (χ1) is 16.1. The lowest BCUT2D eigenvalue weighted by Crippen LogP contribution is -2.34. The SMILES string of the molecule is Cc1ccc2c(c1)C1=C3C4=C(C=CC3C2=O)C=C2C3=C(C=CC(=C1)C43)C(=O)c1ccccc12. The third-order valence-electron chi connectivity index (χ3n) is 7.93. The number of allylic oxidation sites excluding steroid dienone is 14. The maximum atomic E-state index is 13.5. The molecule has 2 aromatic rings. The van der Waals surface area contributed by atoms with Crippen LogP contribution in [0.2, 0.25) is 0 Å². The normalized spacial score (nSPS) is 25.0. The van der Waals surface area contributed by atoms with Gasteiger partial charge in [0.25, 0.3) is 0 Å². The highest BCUT2D eigenvalue weighted by atomic mass is 16.1. The summed E-state index contributed by atoms with van der Waals surface area (Å²) in [4.78, 5) is 27.0. The first-order valence-corrected chi connectivity index (χ1v) is 11.4. The standard InChI is InChI=1S/C31H18O2/c1-15-6-9-20-23(12-15)25-14-17-8-10-21-28-24(18-4-2-3-5-19(18)30(21)32)13-16-7-11-22(31(20)33)29(25)27(16)26(17)28/h2-14,22,26H,1H3. The Labute approximate surface area is 191 Å². The number of hydrogen-bond acceptors (Lipinski definition) is 2. The van der Waals surface area contributed by atoms with Crippen molar-refractivity contribution in [1.29, 1.82) is 0 Å². The molecule has 8 rings (SSSR count). The maximum Gasteiger partial charge on any atom is 0.193 e. The first-order valence-electron chi connectivity index (χ1n) is 11.4. The van der Waals surface area contributed by atoms with Gasteiger partial charge in [-0.05, 0) is 69.2 Å². The number of Topliss-reactive ketones (excluding diaryl/α,β-unsaturated/α-hetero) is 2. The smallest absolute Gasteiger partial charge is 0.193 e. The molecule has 0 heterocycles. The fourth-order valence-corrected chi connectivity index (χ4v) is 6.56. The van der Waals surface area contributed by atoms with Crippen LogP contribution in [0.5, 0.6) is 0 Å². The van der Waals surface area contributed by atoms with Gasteiger partial charge in [0.2, 0.25) is 0 Å². The molecule has 6 aliphatic carbocycles. The van der Waals surface area contributed by atoms with Gasteiger partial charge in [-0.3, -0.25) is 9.59 Å². The van der Waals surface area contributed by atoms with E-state index in [1.165, 1.54) is 11.1 Å². The van der Waals surface area contributed by atoms with E-state index in [2.05, 4.69) is 49.4 Å². The molecule has 154 valence electrons. The molecule has 0 aromatic heterocycles. The van der Waals surface area contributed by atoms with Crippen LogP contribution in [-0.2, 0) is 0 Å². The van der Waals surface area contributed by atoms with Crippen molar-refractivity contribution in [2.75, 3.05) is 0 Å². The Kier molecular flexibility index (Phi) is 3.00. The zero-order chi connectivity index (χ0) is 22.0. The molecule has 0 aliphatic heterocycles. The van der Waals surface area contributed by atoms with Crippen molar-refractivity contribution in [3.63, 3.8) is 0 Å². The van der Waals surface area contributed by atoms with E-state index in [1.54, 1.807) is 0 Å². The number of hydrogen-bond donors (Lipinski definition) is 0. The molecule has 2 nitrogen and oxygen atoms in total. The van der Waals surface area contributed by atoms with Gasteiger partial charge in [-0.2, -0.15) is 0 Å². The predicted molar refractivity (Wildman–Crippen MR) is 129 cm³/mol. The van der Waals surface area contributed by atoms with Gasteiger partial charge in [0.1, 0.15) is 0 Å². The van der Waals surface area contributed by atoms with E-state index >= 15 is 0 Å². The average Bonchev–Trinajstić information content (AvgIpc) is 2.84. The van der Waals surface area contributed by atoms with E-state index < -0.39 is 0 Å². The molecule has 0 N–H and O–H groups in total. The molecule has 2 unspecified atom stereocenters. The summed E-state index contributed by atoms with van der Waals surface area (Å²) in [6.45, 7) is 2.07. The van der Waals surface area contributed by atoms with E-state index in [0.717, 1.165) is 61.3 Å². The van der Waals surface area contributed by atoms with Crippen molar-refractivity contribution in [2.45, 2.75) is 6.92 Å². The Bertz CT molecular complexity index is 1640. The summed E-state index contributed by atoms with van der Waals surface area (Å²) in [6.07, 6.45) is 12.8. The molecule has 0 saturated carbocycles. The van der Waals surface area contributed by atoms with E-state index in [-0.39, 0.29) is 23.4 Å². The topological polar surface area (TPSA) is 34.1 Å².